The number of carbonyl (C=O) groups excluding carboxylic acids is 1. The van der Waals surface area contributed by atoms with Gasteiger partial charge in [-0.15, -0.1) is 0 Å². The fourth-order valence-corrected chi connectivity index (χ4v) is 5.38. The van der Waals surface area contributed by atoms with Crippen LogP contribution in [0.4, 0.5) is 4.79 Å². The number of hydrogen-bond acceptors (Lipinski definition) is 3. The number of ether oxygens (including phenoxy) is 1. The molecule has 1 aromatic heterocycles. The number of rotatable bonds is 5. The van der Waals surface area contributed by atoms with Gasteiger partial charge in [0.2, 0.25) is 0 Å². The standard InChI is InChI=1S/C25H29N3O2/c1-2-11-28-15-19(27-25(29)30-16-17-7-4-3-5-8-17)13-21-20-9-6-10-22-24(20)18(14-26-22)12-23(21)28/h3-10,14,19,21,23,26H,2,11-13,15-16H2,1H3,(H,27,29)/t19-,21?,23+/m0/s1. The topological polar surface area (TPSA) is 57.4 Å². The summed E-state index contributed by atoms with van der Waals surface area (Å²) in [6.07, 6.45) is 5.00. The third-order valence-corrected chi connectivity index (χ3v) is 6.62. The van der Waals surface area contributed by atoms with Crippen molar-refractivity contribution in [2.45, 2.75) is 50.8 Å². The predicted octanol–water partition coefficient (Wildman–Crippen LogP) is 4.59. The maximum absolute atomic E-state index is 12.5. The van der Waals surface area contributed by atoms with E-state index in [1.165, 1.54) is 22.0 Å². The molecule has 2 aromatic carbocycles. The summed E-state index contributed by atoms with van der Waals surface area (Å²) in [5.41, 5.74) is 5.07. The molecule has 2 aliphatic rings. The van der Waals surface area contributed by atoms with Crippen molar-refractivity contribution in [2.75, 3.05) is 13.1 Å². The van der Waals surface area contributed by atoms with E-state index < -0.39 is 0 Å². The quantitative estimate of drug-likeness (QED) is 0.655. The molecule has 5 nitrogen and oxygen atoms in total. The van der Waals surface area contributed by atoms with Crippen LogP contribution in [0, 0.1) is 0 Å². The lowest BCUT2D eigenvalue weighted by atomic mass is 9.74. The molecule has 5 heteroatoms. The van der Waals surface area contributed by atoms with Gasteiger partial charge in [-0.3, -0.25) is 4.90 Å². The van der Waals surface area contributed by atoms with Gasteiger partial charge in [0, 0.05) is 41.6 Å². The van der Waals surface area contributed by atoms with Gasteiger partial charge in [0.1, 0.15) is 6.61 Å². The van der Waals surface area contributed by atoms with Crippen molar-refractivity contribution in [3.63, 3.8) is 0 Å². The van der Waals surface area contributed by atoms with Crippen molar-refractivity contribution < 1.29 is 9.53 Å². The fourth-order valence-electron chi connectivity index (χ4n) is 5.38. The maximum atomic E-state index is 12.5. The monoisotopic (exact) mass is 403 g/mol. The van der Waals surface area contributed by atoms with Crippen LogP contribution in [0.5, 0.6) is 0 Å². The largest absolute Gasteiger partial charge is 0.445 e. The van der Waals surface area contributed by atoms with Crippen molar-refractivity contribution in [2.24, 2.45) is 0 Å². The minimum atomic E-state index is -0.324. The molecule has 0 bridgehead atoms. The van der Waals surface area contributed by atoms with E-state index in [0.717, 1.165) is 37.9 Å². The average Bonchev–Trinajstić information content (AvgIpc) is 3.18. The summed E-state index contributed by atoms with van der Waals surface area (Å²) in [6.45, 7) is 4.46. The molecule has 0 radical (unpaired) electrons. The van der Waals surface area contributed by atoms with Crippen LogP contribution in [-0.2, 0) is 17.8 Å². The highest BCUT2D eigenvalue weighted by atomic mass is 16.5. The maximum Gasteiger partial charge on any atom is 0.407 e. The van der Waals surface area contributed by atoms with E-state index in [2.05, 4.69) is 46.5 Å². The Morgan fingerprint density at radius 3 is 2.90 bits per heavy atom. The Hall–Kier alpha value is -2.79. The highest BCUT2D eigenvalue weighted by Gasteiger charge is 2.40. The molecule has 156 valence electrons. The molecule has 1 aliphatic heterocycles. The Kier molecular flexibility index (Phi) is 5.21. The van der Waals surface area contributed by atoms with Crippen LogP contribution in [-0.4, -0.2) is 41.2 Å². The summed E-state index contributed by atoms with van der Waals surface area (Å²) in [6, 6.07) is 17.0. The van der Waals surface area contributed by atoms with Crippen molar-refractivity contribution in [1.29, 1.82) is 0 Å². The number of hydrogen-bond donors (Lipinski definition) is 2. The Bertz CT molecular complexity index is 1030. The first-order valence-corrected chi connectivity index (χ1v) is 11.0. The molecule has 5 rings (SSSR count). The van der Waals surface area contributed by atoms with Crippen LogP contribution in [0.1, 0.15) is 42.4 Å². The van der Waals surface area contributed by atoms with Gasteiger partial charge in [-0.05, 0) is 48.6 Å². The van der Waals surface area contributed by atoms with E-state index in [0.29, 0.717) is 18.6 Å². The van der Waals surface area contributed by atoms with E-state index >= 15 is 0 Å². The molecular weight excluding hydrogens is 374 g/mol. The normalized spacial score (nSPS) is 23.2. The smallest absolute Gasteiger partial charge is 0.407 e. The van der Waals surface area contributed by atoms with E-state index in [4.69, 9.17) is 4.74 Å². The molecule has 30 heavy (non-hydrogen) atoms. The lowest BCUT2D eigenvalue weighted by Crippen LogP contribution is -2.56. The zero-order valence-corrected chi connectivity index (χ0v) is 17.4. The number of fused-ring (bicyclic) bond motifs is 2. The van der Waals surface area contributed by atoms with E-state index in [1.807, 2.05) is 30.3 Å². The molecule has 1 aliphatic carbocycles. The molecule has 3 atom stereocenters. The Balaban J connectivity index is 1.33. The van der Waals surface area contributed by atoms with Crippen molar-refractivity contribution in [3.8, 4) is 0 Å². The number of aromatic nitrogens is 1. The third-order valence-electron chi connectivity index (χ3n) is 6.62. The number of piperidine rings is 1. The van der Waals surface area contributed by atoms with Crippen LogP contribution >= 0.6 is 0 Å². The van der Waals surface area contributed by atoms with Crippen LogP contribution in [0.25, 0.3) is 10.9 Å². The van der Waals surface area contributed by atoms with Gasteiger partial charge in [0.25, 0.3) is 0 Å². The van der Waals surface area contributed by atoms with Crippen LogP contribution in [0.3, 0.4) is 0 Å². The second-order valence-corrected chi connectivity index (χ2v) is 8.60. The summed E-state index contributed by atoms with van der Waals surface area (Å²) in [7, 11) is 0. The first-order valence-electron chi connectivity index (χ1n) is 11.0. The molecule has 3 aromatic rings. The summed E-state index contributed by atoms with van der Waals surface area (Å²) in [5.74, 6) is 0.428. The lowest BCUT2D eigenvalue weighted by Gasteiger charge is -2.47. The molecule has 1 fully saturated rings. The van der Waals surface area contributed by atoms with E-state index in [1.54, 1.807) is 0 Å². The minimum Gasteiger partial charge on any atom is -0.445 e. The lowest BCUT2D eigenvalue weighted by molar-refractivity contribution is 0.0876. The highest BCUT2D eigenvalue weighted by Crippen LogP contribution is 2.43. The number of amides is 1. The second kappa shape index (κ2) is 8.15. The van der Waals surface area contributed by atoms with Crippen molar-refractivity contribution in [3.05, 3.63) is 71.4 Å². The average molecular weight is 404 g/mol. The number of aromatic amines is 1. The van der Waals surface area contributed by atoms with E-state index in [-0.39, 0.29) is 12.1 Å². The van der Waals surface area contributed by atoms with Gasteiger partial charge in [0.15, 0.2) is 0 Å². The Labute approximate surface area is 177 Å². The van der Waals surface area contributed by atoms with Crippen molar-refractivity contribution >= 4 is 17.0 Å². The van der Waals surface area contributed by atoms with Gasteiger partial charge in [-0.1, -0.05) is 49.4 Å². The van der Waals surface area contributed by atoms with Gasteiger partial charge in [0.05, 0.1) is 0 Å². The number of alkyl carbamates (subject to hydrolysis) is 1. The summed E-state index contributed by atoms with van der Waals surface area (Å²) >= 11 is 0. The number of nitrogens with one attached hydrogen (secondary N) is 2. The summed E-state index contributed by atoms with van der Waals surface area (Å²) < 4.78 is 5.49. The first-order chi connectivity index (χ1) is 14.7. The fraction of sp³-hybridized carbons (Fsp3) is 0.400. The van der Waals surface area contributed by atoms with Gasteiger partial charge >= 0.3 is 6.09 Å². The van der Waals surface area contributed by atoms with Crippen LogP contribution in [0.2, 0.25) is 0 Å². The molecule has 1 saturated heterocycles. The van der Waals surface area contributed by atoms with Crippen LogP contribution in [0.15, 0.2) is 54.7 Å². The minimum absolute atomic E-state index is 0.0943. The second-order valence-electron chi connectivity index (χ2n) is 8.60. The van der Waals surface area contributed by atoms with Crippen LogP contribution < -0.4 is 5.32 Å². The SMILES string of the molecule is CCCN1C[C@@H](NC(=O)OCc2ccccc2)CC2c3cccc4[nH]cc(c34)C[C@H]21. The molecule has 0 spiro atoms. The first kappa shape index (κ1) is 19.2. The molecule has 0 saturated carbocycles. The third kappa shape index (κ3) is 3.58. The zero-order chi connectivity index (χ0) is 20.5. The molecule has 1 unspecified atom stereocenters. The van der Waals surface area contributed by atoms with Gasteiger partial charge in [-0.25, -0.2) is 4.79 Å². The van der Waals surface area contributed by atoms with Gasteiger partial charge in [-0.2, -0.15) is 0 Å². The molecule has 2 heterocycles. The molecular formula is C25H29N3O2. The Morgan fingerprint density at radius 1 is 1.20 bits per heavy atom. The van der Waals surface area contributed by atoms with Crippen molar-refractivity contribution in [1.82, 2.24) is 15.2 Å². The number of H-pyrrole nitrogens is 1. The Morgan fingerprint density at radius 2 is 2.07 bits per heavy atom. The van der Waals surface area contributed by atoms with E-state index in [9.17, 15) is 4.79 Å². The predicted molar refractivity (Wildman–Crippen MR) is 119 cm³/mol. The highest BCUT2D eigenvalue weighted by molar-refractivity contribution is 5.88. The summed E-state index contributed by atoms with van der Waals surface area (Å²) in [4.78, 5) is 18.5. The molecule has 2 N–H and O–H groups in total. The zero-order valence-electron chi connectivity index (χ0n) is 17.4. The molecule has 1 amide bonds. The number of carbonyl (C=O) groups is 1. The number of likely N-dealkylation sites (tertiary alicyclic amines) is 1. The number of nitrogens with zero attached hydrogens (tertiary/aromatic N) is 1. The van der Waals surface area contributed by atoms with Gasteiger partial charge < -0.3 is 15.0 Å². The number of benzene rings is 2. The summed E-state index contributed by atoms with van der Waals surface area (Å²) in [5, 5.41) is 4.54.